The predicted molar refractivity (Wildman–Crippen MR) is 83.9 cm³/mol. The second kappa shape index (κ2) is 6.60. The van der Waals surface area contributed by atoms with Crippen molar-refractivity contribution in [2.75, 3.05) is 7.11 Å². The van der Waals surface area contributed by atoms with E-state index in [1.807, 2.05) is 0 Å². The van der Waals surface area contributed by atoms with Gasteiger partial charge in [-0.15, -0.1) is 0 Å². The van der Waals surface area contributed by atoms with Crippen LogP contribution in [-0.2, 0) is 11.3 Å². The first-order valence-corrected chi connectivity index (χ1v) is 7.25. The molecule has 0 amide bonds. The molecule has 130 valence electrons. The van der Waals surface area contributed by atoms with Crippen LogP contribution in [0.4, 0.5) is 13.6 Å². The molecule has 2 aromatic rings. The molecule has 1 aromatic carbocycles. The summed E-state index contributed by atoms with van der Waals surface area (Å²) in [5.74, 6) is -1.48. The summed E-state index contributed by atoms with van der Waals surface area (Å²) < 4.78 is 39.0. The van der Waals surface area contributed by atoms with E-state index >= 15 is 0 Å². The third-order valence-electron chi connectivity index (χ3n) is 3.18. The molecule has 0 atom stereocenters. The van der Waals surface area contributed by atoms with Gasteiger partial charge in [-0.1, -0.05) is 0 Å². The van der Waals surface area contributed by atoms with Crippen LogP contribution >= 0.6 is 0 Å². The summed E-state index contributed by atoms with van der Waals surface area (Å²) in [4.78, 5) is 12.4. The van der Waals surface area contributed by atoms with Gasteiger partial charge in [-0.3, -0.25) is 0 Å². The summed E-state index contributed by atoms with van der Waals surface area (Å²) in [5.41, 5.74) is -0.485. The predicted octanol–water partition coefficient (Wildman–Crippen LogP) is 3.72. The molecule has 0 saturated carbocycles. The SMILES string of the molecule is COc1c(CO)cn(C(=O)OC(C)(C)C)c1-c1ccc(F)cc1F. The number of aliphatic hydroxyl groups excluding tert-OH is 1. The highest BCUT2D eigenvalue weighted by Gasteiger charge is 2.27. The van der Waals surface area contributed by atoms with Crippen LogP contribution in [0.25, 0.3) is 11.3 Å². The average molecular weight is 339 g/mol. The van der Waals surface area contributed by atoms with Crippen LogP contribution in [0.2, 0.25) is 0 Å². The fourth-order valence-electron chi connectivity index (χ4n) is 2.27. The van der Waals surface area contributed by atoms with Crippen LogP contribution in [0.1, 0.15) is 26.3 Å². The van der Waals surface area contributed by atoms with Crippen molar-refractivity contribution in [2.24, 2.45) is 0 Å². The summed E-state index contributed by atoms with van der Waals surface area (Å²) in [6.07, 6.45) is 0.546. The Hall–Kier alpha value is -2.41. The molecule has 1 heterocycles. The molecular formula is C17H19F2NO4. The molecule has 0 saturated heterocycles. The number of carbonyl (C=O) groups excluding carboxylic acids is 1. The Labute approximate surface area is 138 Å². The molecule has 0 bridgehead atoms. The van der Waals surface area contributed by atoms with Crippen molar-refractivity contribution in [1.82, 2.24) is 4.57 Å². The third kappa shape index (κ3) is 3.56. The summed E-state index contributed by atoms with van der Waals surface area (Å²) in [6.45, 7) is 4.65. The lowest BCUT2D eigenvalue weighted by Crippen LogP contribution is -2.27. The molecule has 0 aliphatic rings. The Morgan fingerprint density at radius 2 is 1.96 bits per heavy atom. The molecule has 1 N–H and O–H groups in total. The van der Waals surface area contributed by atoms with Gasteiger partial charge < -0.3 is 14.6 Å². The number of nitrogens with zero attached hydrogens (tertiary/aromatic N) is 1. The monoisotopic (exact) mass is 339 g/mol. The van der Waals surface area contributed by atoms with Crippen molar-refractivity contribution in [1.29, 1.82) is 0 Å². The van der Waals surface area contributed by atoms with E-state index in [0.717, 1.165) is 10.6 Å². The van der Waals surface area contributed by atoms with Crippen LogP contribution in [0, 0.1) is 11.6 Å². The lowest BCUT2D eigenvalue weighted by atomic mass is 10.1. The zero-order chi connectivity index (χ0) is 18.1. The van der Waals surface area contributed by atoms with Crippen molar-refractivity contribution < 1.29 is 28.2 Å². The van der Waals surface area contributed by atoms with Crippen molar-refractivity contribution >= 4 is 6.09 Å². The van der Waals surface area contributed by atoms with Crippen molar-refractivity contribution in [3.63, 3.8) is 0 Å². The van der Waals surface area contributed by atoms with Gasteiger partial charge in [0.25, 0.3) is 0 Å². The first kappa shape index (κ1) is 17.9. The minimum Gasteiger partial charge on any atom is -0.494 e. The number of hydrogen-bond donors (Lipinski definition) is 1. The number of benzene rings is 1. The highest BCUT2D eigenvalue weighted by molar-refractivity contribution is 5.83. The molecule has 24 heavy (non-hydrogen) atoms. The summed E-state index contributed by atoms with van der Waals surface area (Å²) in [6, 6.07) is 2.98. The first-order chi connectivity index (χ1) is 11.2. The minimum atomic E-state index is -0.860. The van der Waals surface area contributed by atoms with E-state index < -0.39 is 29.9 Å². The quantitative estimate of drug-likeness (QED) is 0.926. The van der Waals surface area contributed by atoms with Gasteiger partial charge in [-0.25, -0.2) is 18.1 Å². The number of aromatic nitrogens is 1. The van der Waals surface area contributed by atoms with Crippen LogP contribution in [-0.4, -0.2) is 28.5 Å². The van der Waals surface area contributed by atoms with E-state index in [4.69, 9.17) is 9.47 Å². The number of aliphatic hydroxyl groups is 1. The maximum atomic E-state index is 14.2. The zero-order valence-corrected chi connectivity index (χ0v) is 13.9. The van der Waals surface area contributed by atoms with Crippen LogP contribution in [0.5, 0.6) is 5.75 Å². The van der Waals surface area contributed by atoms with Crippen molar-refractivity contribution in [3.05, 3.63) is 41.6 Å². The number of hydrogen-bond acceptors (Lipinski definition) is 4. The number of ether oxygens (including phenoxy) is 2. The Morgan fingerprint density at radius 1 is 1.29 bits per heavy atom. The molecule has 5 nitrogen and oxygen atoms in total. The Balaban J connectivity index is 2.67. The smallest absolute Gasteiger partial charge is 0.419 e. The normalized spacial score (nSPS) is 11.5. The van der Waals surface area contributed by atoms with Gasteiger partial charge in [0, 0.05) is 23.4 Å². The van der Waals surface area contributed by atoms with Crippen LogP contribution < -0.4 is 4.74 Å². The van der Waals surface area contributed by atoms with E-state index in [1.165, 1.54) is 19.4 Å². The van der Waals surface area contributed by atoms with Gasteiger partial charge in [0.1, 0.15) is 22.9 Å². The van der Waals surface area contributed by atoms with Gasteiger partial charge in [0.05, 0.1) is 13.7 Å². The minimum absolute atomic E-state index is 0.0428. The van der Waals surface area contributed by atoms with E-state index in [9.17, 15) is 18.7 Å². The molecular weight excluding hydrogens is 320 g/mol. The highest BCUT2D eigenvalue weighted by Crippen LogP contribution is 2.37. The Kier molecular flexibility index (Phi) is 4.94. The maximum absolute atomic E-state index is 14.2. The van der Waals surface area contributed by atoms with E-state index in [1.54, 1.807) is 20.8 Å². The standard InChI is InChI=1S/C17H19F2NO4/c1-17(2,3)24-16(22)20-8-10(9-21)15(23-4)14(20)12-6-5-11(18)7-13(12)19/h5-8,21H,9H2,1-4H3. The topological polar surface area (TPSA) is 60.7 Å². The summed E-state index contributed by atoms with van der Waals surface area (Å²) in [7, 11) is 1.33. The molecule has 0 radical (unpaired) electrons. The Morgan fingerprint density at radius 3 is 2.46 bits per heavy atom. The van der Waals surface area contributed by atoms with Crippen molar-refractivity contribution in [3.8, 4) is 17.0 Å². The molecule has 0 unspecified atom stereocenters. The van der Waals surface area contributed by atoms with Gasteiger partial charge in [0.15, 0.2) is 5.75 Å². The fraction of sp³-hybridized carbons (Fsp3) is 0.353. The number of methoxy groups -OCH3 is 1. The average Bonchev–Trinajstić information content (AvgIpc) is 2.84. The van der Waals surface area contributed by atoms with Gasteiger partial charge >= 0.3 is 6.09 Å². The van der Waals surface area contributed by atoms with Crippen LogP contribution in [0.15, 0.2) is 24.4 Å². The number of rotatable bonds is 3. The van der Waals surface area contributed by atoms with Gasteiger partial charge in [0.2, 0.25) is 0 Å². The summed E-state index contributed by atoms with van der Waals surface area (Å²) >= 11 is 0. The third-order valence-corrected chi connectivity index (χ3v) is 3.18. The molecule has 7 heteroatoms. The van der Waals surface area contributed by atoms with E-state index in [2.05, 4.69) is 0 Å². The molecule has 2 rings (SSSR count). The molecule has 0 spiro atoms. The van der Waals surface area contributed by atoms with E-state index in [0.29, 0.717) is 6.07 Å². The van der Waals surface area contributed by atoms with Crippen molar-refractivity contribution in [2.45, 2.75) is 33.0 Å². The van der Waals surface area contributed by atoms with E-state index in [-0.39, 0.29) is 22.6 Å². The number of carbonyl (C=O) groups is 1. The number of halogens is 2. The molecule has 0 aliphatic carbocycles. The lowest BCUT2D eigenvalue weighted by molar-refractivity contribution is 0.0539. The fourth-order valence-corrected chi connectivity index (χ4v) is 2.27. The molecule has 0 fully saturated rings. The Bertz CT molecular complexity index is 763. The van der Waals surface area contributed by atoms with Gasteiger partial charge in [-0.2, -0.15) is 0 Å². The molecule has 1 aromatic heterocycles. The maximum Gasteiger partial charge on any atom is 0.419 e. The van der Waals surface area contributed by atoms with Gasteiger partial charge in [-0.05, 0) is 32.9 Å². The zero-order valence-electron chi connectivity index (χ0n) is 13.9. The second-order valence-electron chi connectivity index (χ2n) is 6.17. The van der Waals surface area contributed by atoms with Crippen LogP contribution in [0.3, 0.4) is 0 Å². The first-order valence-electron chi connectivity index (χ1n) is 7.25. The molecule has 0 aliphatic heterocycles. The summed E-state index contributed by atoms with van der Waals surface area (Å²) in [5, 5.41) is 9.46. The highest BCUT2D eigenvalue weighted by atomic mass is 19.1. The largest absolute Gasteiger partial charge is 0.494 e. The second-order valence-corrected chi connectivity index (χ2v) is 6.17. The lowest BCUT2D eigenvalue weighted by Gasteiger charge is -2.20.